The summed E-state index contributed by atoms with van der Waals surface area (Å²) < 4.78 is 0. The van der Waals surface area contributed by atoms with E-state index in [4.69, 9.17) is 0 Å². The summed E-state index contributed by atoms with van der Waals surface area (Å²) in [5, 5.41) is 0. The average Bonchev–Trinajstić information content (AvgIpc) is 2.69. The Bertz CT molecular complexity index is 712. The van der Waals surface area contributed by atoms with Crippen LogP contribution in [-0.2, 0) is 0 Å². The monoisotopic (exact) mass is 344 g/mol. The molecule has 1 atom stereocenters. The van der Waals surface area contributed by atoms with E-state index in [-0.39, 0.29) is 0 Å². The van der Waals surface area contributed by atoms with Crippen LogP contribution >= 0.6 is 0 Å². The Balaban J connectivity index is 0.000000401. The topological polar surface area (TPSA) is 0 Å². The van der Waals surface area contributed by atoms with Gasteiger partial charge in [-0.2, -0.15) is 0 Å². The van der Waals surface area contributed by atoms with E-state index in [0.29, 0.717) is 5.92 Å². The Morgan fingerprint density at radius 1 is 1.04 bits per heavy atom. The summed E-state index contributed by atoms with van der Waals surface area (Å²) in [6.45, 7) is 12.4. The van der Waals surface area contributed by atoms with E-state index in [1.54, 1.807) is 0 Å². The molecule has 0 aliphatic rings. The van der Waals surface area contributed by atoms with E-state index in [1.807, 2.05) is 43.4 Å². The van der Waals surface area contributed by atoms with Crippen molar-refractivity contribution < 1.29 is 0 Å². The lowest BCUT2D eigenvalue weighted by atomic mass is 9.97. The van der Waals surface area contributed by atoms with E-state index in [1.165, 1.54) is 23.1 Å². The van der Waals surface area contributed by atoms with E-state index >= 15 is 0 Å². The highest BCUT2D eigenvalue weighted by Gasteiger charge is 2.01. The van der Waals surface area contributed by atoms with Crippen LogP contribution in [0.4, 0.5) is 0 Å². The van der Waals surface area contributed by atoms with Gasteiger partial charge in [-0.25, -0.2) is 0 Å². The lowest BCUT2D eigenvalue weighted by molar-refractivity contribution is 0.733. The van der Waals surface area contributed by atoms with Crippen molar-refractivity contribution in [1.29, 1.82) is 0 Å². The Labute approximate surface area is 160 Å². The molecule has 0 heterocycles. The number of hydrogen-bond donors (Lipinski definition) is 0. The number of hydrogen-bond acceptors (Lipinski definition) is 0. The lowest BCUT2D eigenvalue weighted by Gasteiger charge is -2.08. The van der Waals surface area contributed by atoms with Crippen LogP contribution < -0.4 is 0 Å². The molecule has 0 fully saturated rings. The predicted molar refractivity (Wildman–Crippen MR) is 118 cm³/mol. The third kappa shape index (κ3) is 8.48. The number of rotatable bonds is 6. The van der Waals surface area contributed by atoms with Gasteiger partial charge in [0.2, 0.25) is 0 Å². The molecule has 0 radical (unpaired) electrons. The van der Waals surface area contributed by atoms with Gasteiger partial charge >= 0.3 is 0 Å². The standard InChI is InChI=1S/C19H24.C7H8/c1-5-8-9-17(7-3)10-11-18-12-14-19(15-13-18)16(4)6-2;1-7-5-3-2-4-6-7/h5,7-16H,3,6H2,1-2,4H3;2-6H,1H3/b8-5-,11-10+,17-9+;. The zero-order valence-corrected chi connectivity index (χ0v) is 16.7. The molecule has 0 bridgehead atoms. The van der Waals surface area contributed by atoms with Crippen LogP contribution in [0.3, 0.4) is 0 Å². The smallest absolute Gasteiger partial charge is 0.0193 e. The molecule has 2 rings (SSSR count). The summed E-state index contributed by atoms with van der Waals surface area (Å²) in [6.07, 6.45) is 13.3. The summed E-state index contributed by atoms with van der Waals surface area (Å²) in [5.74, 6) is 0.636. The van der Waals surface area contributed by atoms with Gasteiger partial charge in [0, 0.05) is 0 Å². The molecule has 0 heteroatoms. The molecule has 2 aromatic carbocycles. The maximum absolute atomic E-state index is 3.82. The molecule has 0 saturated carbocycles. The minimum atomic E-state index is 0.636. The highest BCUT2D eigenvalue weighted by atomic mass is 14.1. The van der Waals surface area contributed by atoms with E-state index in [2.05, 4.69) is 82.0 Å². The quantitative estimate of drug-likeness (QED) is 0.467. The van der Waals surface area contributed by atoms with Crippen LogP contribution in [-0.4, -0.2) is 0 Å². The van der Waals surface area contributed by atoms with Crippen LogP contribution in [0.25, 0.3) is 6.08 Å². The molecule has 0 nitrogen and oxygen atoms in total. The van der Waals surface area contributed by atoms with E-state index in [0.717, 1.165) is 5.57 Å². The third-order valence-electron chi connectivity index (χ3n) is 4.24. The summed E-state index contributed by atoms with van der Waals surface area (Å²) >= 11 is 0. The Hall–Kier alpha value is -2.60. The molecule has 0 saturated heterocycles. The molecule has 0 amide bonds. The van der Waals surface area contributed by atoms with E-state index in [9.17, 15) is 0 Å². The van der Waals surface area contributed by atoms with Gasteiger partial charge in [-0.05, 0) is 42.9 Å². The second kappa shape index (κ2) is 12.7. The van der Waals surface area contributed by atoms with Gasteiger partial charge in [-0.15, -0.1) is 0 Å². The normalized spacial score (nSPS) is 12.7. The summed E-state index contributed by atoms with van der Waals surface area (Å²) in [4.78, 5) is 0. The van der Waals surface area contributed by atoms with Gasteiger partial charge < -0.3 is 0 Å². The Morgan fingerprint density at radius 2 is 1.69 bits per heavy atom. The van der Waals surface area contributed by atoms with Gasteiger partial charge in [0.1, 0.15) is 0 Å². The first-order valence-electron chi connectivity index (χ1n) is 9.35. The van der Waals surface area contributed by atoms with Crippen molar-refractivity contribution in [2.75, 3.05) is 0 Å². The van der Waals surface area contributed by atoms with E-state index < -0.39 is 0 Å². The van der Waals surface area contributed by atoms with Crippen molar-refractivity contribution >= 4 is 6.08 Å². The summed E-state index contributed by atoms with van der Waals surface area (Å²) in [7, 11) is 0. The number of aryl methyl sites for hydroxylation is 1. The first-order chi connectivity index (χ1) is 12.6. The minimum Gasteiger partial charge on any atom is -0.0985 e. The minimum absolute atomic E-state index is 0.636. The molecular weight excluding hydrogens is 312 g/mol. The first-order valence-corrected chi connectivity index (χ1v) is 9.35. The fraction of sp³-hybridized carbons (Fsp3) is 0.231. The van der Waals surface area contributed by atoms with Gasteiger partial charge in [0.05, 0.1) is 0 Å². The predicted octanol–water partition coefficient (Wildman–Crippen LogP) is 7.90. The van der Waals surface area contributed by atoms with Crippen LogP contribution in [0.2, 0.25) is 0 Å². The summed E-state index contributed by atoms with van der Waals surface area (Å²) in [6, 6.07) is 19.1. The Morgan fingerprint density at radius 3 is 2.15 bits per heavy atom. The number of allylic oxidation sites excluding steroid dienone is 6. The number of benzene rings is 2. The molecule has 0 aromatic heterocycles. The third-order valence-corrected chi connectivity index (χ3v) is 4.24. The SMILES string of the molecule is C=CC(/C=C/c1ccc(C(C)CC)cc1)=C\C=C/C.Cc1ccccc1. The maximum atomic E-state index is 3.82. The van der Waals surface area contributed by atoms with Crippen LogP contribution in [0.15, 0.2) is 97.1 Å². The van der Waals surface area contributed by atoms with Crippen molar-refractivity contribution in [2.24, 2.45) is 0 Å². The highest BCUT2D eigenvalue weighted by Crippen LogP contribution is 2.19. The second-order valence-corrected chi connectivity index (χ2v) is 6.36. The lowest BCUT2D eigenvalue weighted by Crippen LogP contribution is -1.90. The molecule has 0 spiro atoms. The van der Waals surface area contributed by atoms with Crippen LogP contribution in [0.5, 0.6) is 0 Å². The second-order valence-electron chi connectivity index (χ2n) is 6.36. The first kappa shape index (κ1) is 21.4. The van der Waals surface area contributed by atoms with Crippen molar-refractivity contribution in [3.05, 3.63) is 114 Å². The van der Waals surface area contributed by atoms with Crippen molar-refractivity contribution in [3.63, 3.8) is 0 Å². The summed E-state index contributed by atoms with van der Waals surface area (Å²) in [5.41, 5.74) is 5.07. The molecule has 136 valence electrons. The molecule has 2 aromatic rings. The van der Waals surface area contributed by atoms with Gasteiger partial charge in [-0.1, -0.05) is 117 Å². The average molecular weight is 345 g/mol. The van der Waals surface area contributed by atoms with Crippen molar-refractivity contribution in [3.8, 4) is 0 Å². The zero-order valence-electron chi connectivity index (χ0n) is 16.7. The van der Waals surface area contributed by atoms with Gasteiger partial charge in [0.25, 0.3) is 0 Å². The maximum Gasteiger partial charge on any atom is -0.0193 e. The van der Waals surface area contributed by atoms with Crippen LogP contribution in [0, 0.1) is 6.92 Å². The van der Waals surface area contributed by atoms with Crippen molar-refractivity contribution in [2.45, 2.75) is 40.0 Å². The molecule has 0 aliphatic heterocycles. The fourth-order valence-corrected chi connectivity index (χ4v) is 2.30. The zero-order chi connectivity index (χ0) is 19.2. The molecule has 1 unspecified atom stereocenters. The largest absolute Gasteiger partial charge is 0.0985 e. The van der Waals surface area contributed by atoms with Gasteiger partial charge in [-0.3, -0.25) is 0 Å². The highest BCUT2D eigenvalue weighted by molar-refractivity contribution is 5.55. The molecule has 26 heavy (non-hydrogen) atoms. The van der Waals surface area contributed by atoms with Crippen molar-refractivity contribution in [1.82, 2.24) is 0 Å². The molecular formula is C26H32. The molecule has 0 aliphatic carbocycles. The molecule has 0 N–H and O–H groups in total. The fourth-order valence-electron chi connectivity index (χ4n) is 2.30. The Kier molecular flexibility index (Phi) is 10.5. The van der Waals surface area contributed by atoms with Crippen LogP contribution in [0.1, 0.15) is 49.8 Å². The van der Waals surface area contributed by atoms with Gasteiger partial charge in [0.15, 0.2) is 0 Å².